The molecule has 1 saturated heterocycles. The van der Waals surface area contributed by atoms with Crippen molar-refractivity contribution in [3.63, 3.8) is 0 Å². The van der Waals surface area contributed by atoms with Crippen LogP contribution in [0.4, 0.5) is 8.78 Å². The predicted octanol–water partition coefficient (Wildman–Crippen LogP) is 2.01. The van der Waals surface area contributed by atoms with E-state index in [2.05, 4.69) is 0 Å². The molecule has 104 valence electrons. The van der Waals surface area contributed by atoms with Crippen LogP contribution in [-0.2, 0) is 4.79 Å². The summed E-state index contributed by atoms with van der Waals surface area (Å²) in [6.07, 6.45) is 1.87. The second-order valence-corrected chi connectivity index (χ2v) is 5.84. The normalized spacial score (nSPS) is 33.4. The molecule has 0 aromatic carbocycles. The molecule has 18 heavy (non-hydrogen) atoms. The summed E-state index contributed by atoms with van der Waals surface area (Å²) in [4.78, 5) is 14.0. The molecule has 0 aromatic heterocycles. The summed E-state index contributed by atoms with van der Waals surface area (Å²) in [5, 5.41) is 0. The van der Waals surface area contributed by atoms with Crippen molar-refractivity contribution in [2.75, 3.05) is 13.1 Å². The molecule has 2 aliphatic rings. The monoisotopic (exact) mass is 260 g/mol. The average Bonchev–Trinajstić information content (AvgIpc) is 2.69. The molecule has 0 radical (unpaired) electrons. The number of hydrogen-bond acceptors (Lipinski definition) is 2. The molecule has 3 atom stereocenters. The third-order valence-corrected chi connectivity index (χ3v) is 4.27. The number of nitrogens with two attached hydrogens (primary N) is 1. The van der Waals surface area contributed by atoms with E-state index in [1.54, 1.807) is 4.90 Å². The fraction of sp³-hybridized carbons (Fsp3) is 0.923. The third kappa shape index (κ3) is 2.99. The first-order valence-corrected chi connectivity index (χ1v) is 6.81. The lowest BCUT2D eigenvalue weighted by atomic mass is 9.91. The lowest BCUT2D eigenvalue weighted by Crippen LogP contribution is -2.46. The number of carbonyl (C=O) groups excluding carboxylic acids is 1. The topological polar surface area (TPSA) is 46.3 Å². The summed E-state index contributed by atoms with van der Waals surface area (Å²) in [6, 6.07) is 0.0608. The van der Waals surface area contributed by atoms with Crippen molar-refractivity contribution < 1.29 is 13.6 Å². The number of halogens is 2. The van der Waals surface area contributed by atoms with Gasteiger partial charge in [0.05, 0.1) is 0 Å². The van der Waals surface area contributed by atoms with Gasteiger partial charge in [-0.1, -0.05) is 0 Å². The number of alkyl halides is 2. The standard InChI is InChI=1S/C13H22F2N2O/c1-9(16)11-3-2-6-17(8-11)12(18)10-4-5-13(14,15)7-10/h9-11H,2-8,16H2,1H3. The van der Waals surface area contributed by atoms with Gasteiger partial charge in [-0.05, 0) is 32.1 Å². The van der Waals surface area contributed by atoms with E-state index in [1.807, 2.05) is 6.92 Å². The van der Waals surface area contributed by atoms with Crippen molar-refractivity contribution in [1.29, 1.82) is 0 Å². The number of hydrogen-bond donors (Lipinski definition) is 1. The number of nitrogens with zero attached hydrogens (tertiary/aromatic N) is 1. The van der Waals surface area contributed by atoms with Gasteiger partial charge in [0.15, 0.2) is 0 Å². The Labute approximate surface area is 107 Å². The molecular weight excluding hydrogens is 238 g/mol. The minimum atomic E-state index is -2.64. The Hall–Kier alpha value is -0.710. The van der Waals surface area contributed by atoms with Crippen LogP contribution in [-0.4, -0.2) is 35.9 Å². The quantitative estimate of drug-likeness (QED) is 0.825. The summed E-state index contributed by atoms with van der Waals surface area (Å²) >= 11 is 0. The van der Waals surface area contributed by atoms with Gasteiger partial charge in [0, 0.05) is 37.9 Å². The van der Waals surface area contributed by atoms with Crippen LogP contribution < -0.4 is 5.73 Å². The third-order valence-electron chi connectivity index (χ3n) is 4.27. The summed E-state index contributed by atoms with van der Waals surface area (Å²) in [5.74, 6) is -2.90. The Balaban J connectivity index is 1.93. The molecule has 2 N–H and O–H groups in total. The number of piperidine rings is 1. The Morgan fingerprint density at radius 2 is 2.17 bits per heavy atom. The van der Waals surface area contributed by atoms with E-state index in [-0.39, 0.29) is 24.8 Å². The molecule has 0 aromatic rings. The minimum absolute atomic E-state index is 0.0608. The molecule has 2 fully saturated rings. The molecule has 0 bridgehead atoms. The van der Waals surface area contributed by atoms with E-state index in [0.717, 1.165) is 12.8 Å². The molecule has 5 heteroatoms. The molecule has 1 amide bonds. The van der Waals surface area contributed by atoms with Crippen molar-refractivity contribution in [2.45, 2.75) is 51.0 Å². The summed E-state index contributed by atoms with van der Waals surface area (Å²) in [7, 11) is 0. The van der Waals surface area contributed by atoms with E-state index in [0.29, 0.717) is 25.4 Å². The van der Waals surface area contributed by atoms with Crippen LogP contribution in [0.2, 0.25) is 0 Å². The van der Waals surface area contributed by atoms with Gasteiger partial charge >= 0.3 is 0 Å². The smallest absolute Gasteiger partial charge is 0.248 e. The van der Waals surface area contributed by atoms with Gasteiger partial charge < -0.3 is 10.6 Å². The van der Waals surface area contributed by atoms with Crippen LogP contribution in [0.5, 0.6) is 0 Å². The van der Waals surface area contributed by atoms with Crippen molar-refractivity contribution in [3.05, 3.63) is 0 Å². The fourth-order valence-corrected chi connectivity index (χ4v) is 3.06. The van der Waals surface area contributed by atoms with Crippen molar-refractivity contribution in [3.8, 4) is 0 Å². The van der Waals surface area contributed by atoms with E-state index in [9.17, 15) is 13.6 Å². The summed E-state index contributed by atoms with van der Waals surface area (Å²) < 4.78 is 26.3. The van der Waals surface area contributed by atoms with Crippen molar-refractivity contribution >= 4 is 5.91 Å². The van der Waals surface area contributed by atoms with Gasteiger partial charge in [0.25, 0.3) is 0 Å². The molecule has 3 nitrogen and oxygen atoms in total. The first-order chi connectivity index (χ1) is 8.39. The highest BCUT2D eigenvalue weighted by atomic mass is 19.3. The van der Waals surface area contributed by atoms with Crippen LogP contribution in [0, 0.1) is 11.8 Å². The number of amides is 1. The maximum atomic E-state index is 13.1. The Bertz CT molecular complexity index is 320. The zero-order chi connectivity index (χ0) is 13.3. The fourth-order valence-electron chi connectivity index (χ4n) is 3.06. The maximum absolute atomic E-state index is 13.1. The average molecular weight is 260 g/mol. The lowest BCUT2D eigenvalue weighted by Gasteiger charge is -2.36. The number of rotatable bonds is 2. The van der Waals surface area contributed by atoms with Crippen LogP contribution in [0.3, 0.4) is 0 Å². The Kier molecular flexibility index (Phi) is 3.90. The predicted molar refractivity (Wildman–Crippen MR) is 65.2 cm³/mol. The molecular formula is C13H22F2N2O. The zero-order valence-corrected chi connectivity index (χ0v) is 10.9. The SMILES string of the molecule is CC(N)C1CCCN(C(=O)C2CCC(F)(F)C2)C1. The van der Waals surface area contributed by atoms with Crippen LogP contribution in [0.25, 0.3) is 0 Å². The number of likely N-dealkylation sites (tertiary alicyclic amines) is 1. The summed E-state index contributed by atoms with van der Waals surface area (Å²) in [6.45, 7) is 3.28. The van der Waals surface area contributed by atoms with Crippen LogP contribution >= 0.6 is 0 Å². The van der Waals surface area contributed by atoms with Gasteiger partial charge in [-0.2, -0.15) is 0 Å². The van der Waals surface area contributed by atoms with Gasteiger partial charge in [0.2, 0.25) is 11.8 Å². The van der Waals surface area contributed by atoms with Crippen molar-refractivity contribution in [2.24, 2.45) is 17.6 Å². The van der Waals surface area contributed by atoms with Crippen LogP contribution in [0.15, 0.2) is 0 Å². The van der Waals surface area contributed by atoms with E-state index < -0.39 is 11.8 Å². The highest BCUT2D eigenvalue weighted by molar-refractivity contribution is 5.79. The molecule has 0 spiro atoms. The molecule has 3 unspecified atom stereocenters. The molecule has 1 saturated carbocycles. The molecule has 1 aliphatic carbocycles. The second-order valence-electron chi connectivity index (χ2n) is 5.84. The lowest BCUT2D eigenvalue weighted by molar-refractivity contribution is -0.138. The second kappa shape index (κ2) is 5.11. The first kappa shape index (κ1) is 13.7. The Morgan fingerprint density at radius 3 is 2.72 bits per heavy atom. The van der Waals surface area contributed by atoms with Gasteiger partial charge in [-0.25, -0.2) is 8.78 Å². The van der Waals surface area contributed by atoms with E-state index >= 15 is 0 Å². The molecule has 1 heterocycles. The summed E-state index contributed by atoms with van der Waals surface area (Å²) in [5.41, 5.74) is 5.87. The largest absolute Gasteiger partial charge is 0.342 e. The zero-order valence-electron chi connectivity index (χ0n) is 10.9. The minimum Gasteiger partial charge on any atom is -0.342 e. The van der Waals surface area contributed by atoms with Crippen molar-refractivity contribution in [1.82, 2.24) is 4.90 Å². The highest BCUT2D eigenvalue weighted by Gasteiger charge is 2.44. The van der Waals surface area contributed by atoms with Gasteiger partial charge in [-0.15, -0.1) is 0 Å². The maximum Gasteiger partial charge on any atom is 0.248 e. The van der Waals surface area contributed by atoms with Gasteiger partial charge in [0.1, 0.15) is 0 Å². The number of carbonyl (C=O) groups is 1. The first-order valence-electron chi connectivity index (χ1n) is 6.81. The molecule has 1 aliphatic heterocycles. The van der Waals surface area contributed by atoms with Gasteiger partial charge in [-0.3, -0.25) is 4.79 Å². The molecule has 2 rings (SSSR count). The Morgan fingerprint density at radius 1 is 1.44 bits per heavy atom. The van der Waals surface area contributed by atoms with Crippen LogP contribution in [0.1, 0.15) is 39.0 Å². The van der Waals surface area contributed by atoms with E-state index in [4.69, 9.17) is 5.73 Å². The van der Waals surface area contributed by atoms with E-state index in [1.165, 1.54) is 0 Å². The highest BCUT2D eigenvalue weighted by Crippen LogP contribution is 2.40.